The van der Waals surface area contributed by atoms with Gasteiger partial charge in [-0.2, -0.15) is 13.2 Å². The van der Waals surface area contributed by atoms with Crippen molar-refractivity contribution in [3.05, 3.63) is 35.9 Å². The molecule has 4 heteroatoms. The van der Waals surface area contributed by atoms with Crippen LogP contribution in [0.1, 0.15) is 55.8 Å². The fourth-order valence-corrected chi connectivity index (χ4v) is 2.16. The lowest BCUT2D eigenvalue weighted by atomic mass is 9.92. The number of halogens is 3. The minimum Gasteiger partial charge on any atom is -0.294 e. The Morgan fingerprint density at radius 3 is 2.30 bits per heavy atom. The molecule has 20 heavy (non-hydrogen) atoms. The van der Waals surface area contributed by atoms with Crippen LogP contribution in [0.5, 0.6) is 0 Å². The predicted octanol–water partition coefficient (Wildman–Crippen LogP) is 5.41. The van der Waals surface area contributed by atoms with Crippen LogP contribution in [0.15, 0.2) is 30.3 Å². The van der Waals surface area contributed by atoms with E-state index in [-0.39, 0.29) is 6.42 Å². The molecule has 0 bridgehead atoms. The summed E-state index contributed by atoms with van der Waals surface area (Å²) in [6.07, 6.45) is -1.45. The lowest BCUT2D eigenvalue weighted by molar-refractivity contribution is -0.175. The van der Waals surface area contributed by atoms with E-state index in [0.29, 0.717) is 12.0 Å². The number of ketones is 1. The first-order valence-electron chi connectivity index (χ1n) is 7.10. The van der Waals surface area contributed by atoms with Gasteiger partial charge in [-0.3, -0.25) is 4.79 Å². The molecule has 1 atom stereocenters. The van der Waals surface area contributed by atoms with Crippen LogP contribution in [0.25, 0.3) is 0 Å². The molecule has 0 fully saturated rings. The lowest BCUT2D eigenvalue weighted by Gasteiger charge is -2.19. The summed E-state index contributed by atoms with van der Waals surface area (Å²) in [6.45, 7) is 2.01. The normalized spacial score (nSPS) is 13.2. The molecule has 0 aromatic heterocycles. The molecule has 0 heterocycles. The number of unbranched alkanes of at least 4 members (excludes halogenated alkanes) is 3. The van der Waals surface area contributed by atoms with E-state index in [1.54, 1.807) is 30.3 Å². The zero-order valence-corrected chi connectivity index (χ0v) is 11.7. The number of Topliss-reactive ketones (excluding diaryl/α,β-unsaturated/α-hetero) is 1. The zero-order valence-electron chi connectivity index (χ0n) is 11.7. The van der Waals surface area contributed by atoms with Gasteiger partial charge in [-0.1, -0.05) is 62.9 Å². The maximum absolute atomic E-state index is 13.0. The van der Waals surface area contributed by atoms with Gasteiger partial charge in [0.2, 0.25) is 0 Å². The van der Waals surface area contributed by atoms with Crippen molar-refractivity contribution in [1.29, 1.82) is 0 Å². The summed E-state index contributed by atoms with van der Waals surface area (Å²) in [5.74, 6) is -1.95. The molecule has 0 saturated carbocycles. The van der Waals surface area contributed by atoms with Crippen molar-refractivity contribution in [1.82, 2.24) is 0 Å². The smallest absolute Gasteiger partial charge is 0.294 e. The third-order valence-electron chi connectivity index (χ3n) is 3.40. The monoisotopic (exact) mass is 286 g/mol. The van der Waals surface area contributed by atoms with E-state index in [1.807, 2.05) is 6.92 Å². The second kappa shape index (κ2) is 8.08. The number of rotatable bonds is 8. The SMILES string of the molecule is CCCCCCC(CC(=O)c1ccccc1)C(F)(F)F. The Kier molecular flexibility index (Phi) is 6.76. The summed E-state index contributed by atoms with van der Waals surface area (Å²) in [5.41, 5.74) is 0.357. The number of carbonyl (C=O) groups excluding carboxylic acids is 1. The standard InChI is InChI=1S/C16H21F3O/c1-2-3-4-8-11-14(16(17,18)19)12-15(20)13-9-6-5-7-10-13/h5-7,9-10,14H,2-4,8,11-12H2,1H3. The van der Waals surface area contributed by atoms with Crippen molar-refractivity contribution in [3.63, 3.8) is 0 Å². The van der Waals surface area contributed by atoms with E-state index < -0.39 is 24.3 Å². The number of carbonyl (C=O) groups is 1. The summed E-state index contributed by atoms with van der Waals surface area (Å²) in [6, 6.07) is 8.19. The number of alkyl halides is 3. The van der Waals surface area contributed by atoms with Gasteiger partial charge in [-0.15, -0.1) is 0 Å². The average molecular weight is 286 g/mol. The third kappa shape index (κ3) is 5.76. The van der Waals surface area contributed by atoms with Gasteiger partial charge in [0.05, 0.1) is 5.92 Å². The van der Waals surface area contributed by atoms with E-state index in [0.717, 1.165) is 19.3 Å². The van der Waals surface area contributed by atoms with Crippen molar-refractivity contribution in [2.45, 2.75) is 51.6 Å². The van der Waals surface area contributed by atoms with Gasteiger partial charge in [-0.25, -0.2) is 0 Å². The van der Waals surface area contributed by atoms with Crippen molar-refractivity contribution >= 4 is 5.78 Å². The summed E-state index contributed by atoms with van der Waals surface area (Å²) >= 11 is 0. The lowest BCUT2D eigenvalue weighted by Crippen LogP contribution is -2.25. The molecule has 0 aliphatic rings. The maximum Gasteiger partial charge on any atom is 0.392 e. The topological polar surface area (TPSA) is 17.1 Å². The number of benzene rings is 1. The first-order valence-corrected chi connectivity index (χ1v) is 7.10. The largest absolute Gasteiger partial charge is 0.392 e. The van der Waals surface area contributed by atoms with Gasteiger partial charge in [0, 0.05) is 12.0 Å². The first-order chi connectivity index (χ1) is 9.45. The molecule has 1 aromatic rings. The highest BCUT2D eigenvalue weighted by Crippen LogP contribution is 2.34. The Morgan fingerprint density at radius 1 is 1.10 bits per heavy atom. The van der Waals surface area contributed by atoms with Crippen LogP contribution in [0, 0.1) is 5.92 Å². The molecule has 0 aliphatic heterocycles. The first kappa shape index (κ1) is 16.7. The number of hydrogen-bond acceptors (Lipinski definition) is 1. The molecular formula is C16H21F3O. The number of hydrogen-bond donors (Lipinski definition) is 0. The minimum atomic E-state index is -4.29. The molecule has 0 N–H and O–H groups in total. The second-order valence-electron chi connectivity index (χ2n) is 5.08. The zero-order chi connectivity index (χ0) is 15.0. The van der Waals surface area contributed by atoms with Gasteiger partial charge in [0.25, 0.3) is 0 Å². The van der Waals surface area contributed by atoms with Crippen molar-refractivity contribution < 1.29 is 18.0 Å². The average Bonchev–Trinajstić information content (AvgIpc) is 2.42. The summed E-state index contributed by atoms with van der Waals surface area (Å²) in [5, 5.41) is 0. The molecular weight excluding hydrogens is 265 g/mol. The quantitative estimate of drug-likeness (QED) is 0.461. The highest BCUT2D eigenvalue weighted by atomic mass is 19.4. The Hall–Kier alpha value is -1.32. The fourth-order valence-electron chi connectivity index (χ4n) is 2.16. The van der Waals surface area contributed by atoms with Crippen molar-refractivity contribution in [3.8, 4) is 0 Å². The van der Waals surface area contributed by atoms with Gasteiger partial charge >= 0.3 is 6.18 Å². The highest BCUT2D eigenvalue weighted by molar-refractivity contribution is 5.96. The van der Waals surface area contributed by atoms with E-state index in [4.69, 9.17) is 0 Å². The van der Waals surface area contributed by atoms with Gasteiger partial charge in [0.1, 0.15) is 0 Å². The Balaban J connectivity index is 2.59. The van der Waals surface area contributed by atoms with Crippen LogP contribution in [0.4, 0.5) is 13.2 Å². The predicted molar refractivity (Wildman–Crippen MR) is 73.7 cm³/mol. The molecule has 1 rings (SSSR count). The van der Waals surface area contributed by atoms with Crippen LogP contribution in [0.2, 0.25) is 0 Å². The molecule has 0 aliphatic carbocycles. The summed E-state index contributed by atoms with van der Waals surface area (Å²) in [7, 11) is 0. The molecule has 0 spiro atoms. The molecule has 112 valence electrons. The van der Waals surface area contributed by atoms with Crippen molar-refractivity contribution in [2.75, 3.05) is 0 Å². The van der Waals surface area contributed by atoms with E-state index in [9.17, 15) is 18.0 Å². The Morgan fingerprint density at radius 2 is 1.75 bits per heavy atom. The van der Waals surface area contributed by atoms with Crippen LogP contribution >= 0.6 is 0 Å². The molecule has 1 unspecified atom stereocenters. The maximum atomic E-state index is 13.0. The molecule has 0 radical (unpaired) electrons. The fraction of sp³-hybridized carbons (Fsp3) is 0.562. The van der Waals surface area contributed by atoms with E-state index in [1.165, 1.54) is 0 Å². The van der Waals surface area contributed by atoms with Crippen LogP contribution in [-0.4, -0.2) is 12.0 Å². The second-order valence-corrected chi connectivity index (χ2v) is 5.08. The molecule has 0 saturated heterocycles. The van der Waals surface area contributed by atoms with Gasteiger partial charge in [-0.05, 0) is 6.42 Å². The van der Waals surface area contributed by atoms with E-state index >= 15 is 0 Å². The van der Waals surface area contributed by atoms with Gasteiger partial charge in [0.15, 0.2) is 5.78 Å². The molecule has 1 nitrogen and oxygen atoms in total. The molecule has 0 amide bonds. The highest BCUT2D eigenvalue weighted by Gasteiger charge is 2.40. The van der Waals surface area contributed by atoms with E-state index in [2.05, 4.69) is 0 Å². The van der Waals surface area contributed by atoms with Crippen LogP contribution in [-0.2, 0) is 0 Å². The third-order valence-corrected chi connectivity index (χ3v) is 3.40. The van der Waals surface area contributed by atoms with Crippen LogP contribution in [0.3, 0.4) is 0 Å². The van der Waals surface area contributed by atoms with Crippen molar-refractivity contribution in [2.24, 2.45) is 5.92 Å². The minimum absolute atomic E-state index is 0.0437. The Labute approximate surface area is 118 Å². The molecule has 1 aromatic carbocycles. The summed E-state index contributed by atoms with van der Waals surface area (Å²) in [4.78, 5) is 11.9. The summed E-state index contributed by atoms with van der Waals surface area (Å²) < 4.78 is 38.9. The van der Waals surface area contributed by atoms with Crippen LogP contribution < -0.4 is 0 Å². The van der Waals surface area contributed by atoms with Gasteiger partial charge < -0.3 is 0 Å². The Bertz CT molecular complexity index is 398.